The number of rotatable bonds is 3. The molecule has 2 N–H and O–H groups in total. The number of anilines is 1. The van der Waals surface area contributed by atoms with Crippen LogP contribution in [0.5, 0.6) is 0 Å². The van der Waals surface area contributed by atoms with Crippen LogP contribution in [0.15, 0.2) is 36.0 Å². The average Bonchev–Trinajstić information content (AvgIpc) is 2.94. The van der Waals surface area contributed by atoms with E-state index in [2.05, 4.69) is 39.6 Å². The van der Waals surface area contributed by atoms with Gasteiger partial charge in [0.25, 0.3) is 0 Å². The summed E-state index contributed by atoms with van der Waals surface area (Å²) >= 11 is 1.69. The molecule has 0 radical (unpaired) electrons. The fourth-order valence-electron chi connectivity index (χ4n) is 1.84. The van der Waals surface area contributed by atoms with Gasteiger partial charge in [-0.3, -0.25) is 0 Å². The quantitative estimate of drug-likeness (QED) is 0.738. The van der Waals surface area contributed by atoms with Crippen molar-refractivity contribution in [3.63, 3.8) is 0 Å². The molecule has 86 valence electrons. The van der Waals surface area contributed by atoms with Crippen molar-refractivity contribution in [2.24, 2.45) is 0 Å². The molecule has 0 aliphatic carbocycles. The Hall–Kier alpha value is -1.81. The molecule has 0 aliphatic heterocycles. The van der Waals surface area contributed by atoms with E-state index in [1.807, 2.05) is 18.6 Å². The number of hydrogen-bond acceptors (Lipinski definition) is 3. The van der Waals surface area contributed by atoms with Crippen molar-refractivity contribution in [2.45, 2.75) is 13.5 Å². The second-order valence-electron chi connectivity index (χ2n) is 3.99. The Kier molecular flexibility index (Phi) is 2.57. The maximum Gasteiger partial charge on any atom is 0.0798 e. The number of nitrogens with zero attached hydrogens (tertiary/aromatic N) is 1. The molecule has 2 aromatic heterocycles. The first-order chi connectivity index (χ1) is 8.33. The summed E-state index contributed by atoms with van der Waals surface area (Å²) in [5, 5.41) is 4.66. The van der Waals surface area contributed by atoms with Gasteiger partial charge in [0.1, 0.15) is 0 Å². The summed E-state index contributed by atoms with van der Waals surface area (Å²) in [5.41, 5.74) is 5.32. The fraction of sp³-hybridized carbons (Fsp3) is 0.154. The van der Waals surface area contributed by atoms with Crippen molar-refractivity contribution in [3.8, 4) is 0 Å². The van der Waals surface area contributed by atoms with Gasteiger partial charge >= 0.3 is 0 Å². The number of aromatic nitrogens is 2. The van der Waals surface area contributed by atoms with Gasteiger partial charge in [-0.05, 0) is 31.2 Å². The number of fused-ring (bicyclic) bond motifs is 1. The Balaban J connectivity index is 1.78. The highest BCUT2D eigenvalue weighted by molar-refractivity contribution is 7.09. The van der Waals surface area contributed by atoms with E-state index in [-0.39, 0.29) is 0 Å². The minimum Gasteiger partial charge on any atom is -0.380 e. The molecule has 3 nitrogen and oxygen atoms in total. The first-order valence-electron chi connectivity index (χ1n) is 5.53. The van der Waals surface area contributed by atoms with Gasteiger partial charge in [-0.1, -0.05) is 0 Å². The molecule has 3 aromatic rings. The normalized spacial score (nSPS) is 10.9. The third kappa shape index (κ3) is 2.03. The van der Waals surface area contributed by atoms with Crippen molar-refractivity contribution in [1.29, 1.82) is 0 Å². The van der Waals surface area contributed by atoms with Gasteiger partial charge in [-0.25, -0.2) is 4.98 Å². The Morgan fingerprint density at radius 2 is 2.29 bits per heavy atom. The number of benzene rings is 1. The minimum absolute atomic E-state index is 0.840. The second-order valence-corrected chi connectivity index (χ2v) is 4.93. The molecule has 0 fully saturated rings. The first kappa shape index (κ1) is 10.4. The second kappa shape index (κ2) is 4.22. The van der Waals surface area contributed by atoms with E-state index in [9.17, 15) is 0 Å². The van der Waals surface area contributed by atoms with Crippen LogP contribution in [0.2, 0.25) is 0 Å². The minimum atomic E-state index is 0.840. The SMILES string of the molecule is Cc1ncsc1CNc1ccc2[nH]ccc2c1. The van der Waals surface area contributed by atoms with E-state index in [0.29, 0.717) is 0 Å². The summed E-state index contributed by atoms with van der Waals surface area (Å²) in [6.45, 7) is 2.88. The van der Waals surface area contributed by atoms with Crippen LogP contribution in [0.25, 0.3) is 10.9 Å². The molecule has 0 unspecified atom stereocenters. The van der Waals surface area contributed by atoms with Crippen molar-refractivity contribution in [3.05, 3.63) is 46.5 Å². The summed E-state index contributed by atoms with van der Waals surface area (Å²) in [6, 6.07) is 8.42. The molecule has 0 saturated carbocycles. The van der Waals surface area contributed by atoms with Crippen molar-refractivity contribution in [1.82, 2.24) is 9.97 Å². The zero-order chi connectivity index (χ0) is 11.7. The highest BCUT2D eigenvalue weighted by Crippen LogP contribution is 2.19. The molecule has 2 heterocycles. The number of thiazole rings is 1. The van der Waals surface area contributed by atoms with Crippen LogP contribution in [-0.2, 0) is 6.54 Å². The lowest BCUT2D eigenvalue weighted by Crippen LogP contribution is -1.98. The maximum absolute atomic E-state index is 4.24. The Morgan fingerprint density at radius 3 is 3.12 bits per heavy atom. The number of hydrogen-bond donors (Lipinski definition) is 2. The highest BCUT2D eigenvalue weighted by atomic mass is 32.1. The predicted molar refractivity (Wildman–Crippen MR) is 72.5 cm³/mol. The molecule has 17 heavy (non-hydrogen) atoms. The summed E-state index contributed by atoms with van der Waals surface area (Å²) in [7, 11) is 0. The molecule has 0 amide bonds. The zero-order valence-corrected chi connectivity index (χ0v) is 10.3. The standard InChI is InChI=1S/C13H13N3S/c1-9-13(17-8-16-9)7-15-11-2-3-12-10(6-11)4-5-14-12/h2-6,8,14-15H,7H2,1H3. The van der Waals surface area contributed by atoms with Crippen LogP contribution < -0.4 is 5.32 Å². The molecule has 0 bridgehead atoms. The van der Waals surface area contributed by atoms with Crippen LogP contribution in [0.1, 0.15) is 10.6 Å². The number of nitrogens with one attached hydrogen (secondary N) is 2. The van der Waals surface area contributed by atoms with Gasteiger partial charge in [-0.15, -0.1) is 11.3 Å². The molecular formula is C13H13N3S. The van der Waals surface area contributed by atoms with Gasteiger partial charge in [0, 0.05) is 27.7 Å². The Morgan fingerprint density at radius 1 is 1.35 bits per heavy atom. The van der Waals surface area contributed by atoms with Crippen molar-refractivity contribution < 1.29 is 0 Å². The van der Waals surface area contributed by atoms with Crippen molar-refractivity contribution in [2.75, 3.05) is 5.32 Å². The van der Waals surface area contributed by atoms with E-state index in [1.54, 1.807) is 11.3 Å². The van der Waals surface area contributed by atoms with Gasteiger partial charge in [-0.2, -0.15) is 0 Å². The average molecular weight is 243 g/mol. The van der Waals surface area contributed by atoms with Crippen molar-refractivity contribution >= 4 is 27.9 Å². The Labute approximate surface area is 104 Å². The first-order valence-corrected chi connectivity index (χ1v) is 6.41. The van der Waals surface area contributed by atoms with E-state index in [0.717, 1.165) is 17.9 Å². The summed E-state index contributed by atoms with van der Waals surface area (Å²) in [5.74, 6) is 0. The molecule has 0 spiro atoms. The summed E-state index contributed by atoms with van der Waals surface area (Å²) in [6.07, 6.45) is 1.96. The van der Waals surface area contributed by atoms with E-state index < -0.39 is 0 Å². The molecule has 4 heteroatoms. The van der Waals surface area contributed by atoms with Crippen LogP contribution in [0.4, 0.5) is 5.69 Å². The van der Waals surface area contributed by atoms with Gasteiger partial charge in [0.15, 0.2) is 0 Å². The zero-order valence-electron chi connectivity index (χ0n) is 9.53. The van der Waals surface area contributed by atoms with E-state index in [1.165, 1.54) is 15.8 Å². The summed E-state index contributed by atoms with van der Waals surface area (Å²) in [4.78, 5) is 8.72. The third-order valence-corrected chi connectivity index (χ3v) is 3.79. The molecular weight excluding hydrogens is 230 g/mol. The number of aromatic amines is 1. The molecule has 3 rings (SSSR count). The van der Waals surface area contributed by atoms with Gasteiger partial charge < -0.3 is 10.3 Å². The largest absolute Gasteiger partial charge is 0.380 e. The molecule has 0 aliphatic rings. The van der Waals surface area contributed by atoms with Crippen LogP contribution in [0, 0.1) is 6.92 Å². The monoisotopic (exact) mass is 243 g/mol. The maximum atomic E-state index is 4.24. The van der Waals surface area contributed by atoms with Crippen LogP contribution in [-0.4, -0.2) is 9.97 Å². The molecule has 1 aromatic carbocycles. The lowest BCUT2D eigenvalue weighted by Gasteiger charge is -2.05. The summed E-state index contributed by atoms with van der Waals surface area (Å²) < 4.78 is 0. The van der Waals surface area contributed by atoms with Crippen LogP contribution in [0.3, 0.4) is 0 Å². The van der Waals surface area contributed by atoms with Crippen LogP contribution >= 0.6 is 11.3 Å². The number of H-pyrrole nitrogens is 1. The predicted octanol–water partition coefficient (Wildman–Crippen LogP) is 3.54. The number of aryl methyl sites for hydroxylation is 1. The fourth-order valence-corrected chi connectivity index (χ4v) is 2.56. The van der Waals surface area contributed by atoms with Gasteiger partial charge in [0.05, 0.1) is 17.7 Å². The third-order valence-electron chi connectivity index (χ3n) is 2.85. The topological polar surface area (TPSA) is 40.7 Å². The van der Waals surface area contributed by atoms with Gasteiger partial charge in [0.2, 0.25) is 0 Å². The van der Waals surface area contributed by atoms with E-state index >= 15 is 0 Å². The molecule has 0 atom stereocenters. The lowest BCUT2D eigenvalue weighted by molar-refractivity contribution is 1.12. The lowest BCUT2D eigenvalue weighted by atomic mass is 10.2. The molecule has 0 saturated heterocycles. The highest BCUT2D eigenvalue weighted by Gasteiger charge is 2.01. The smallest absolute Gasteiger partial charge is 0.0798 e. The Bertz CT molecular complexity index is 639. The van der Waals surface area contributed by atoms with E-state index in [4.69, 9.17) is 0 Å².